The monoisotopic (exact) mass is 361 g/mol. The molecule has 3 heteroatoms. The van der Waals surface area contributed by atoms with E-state index in [2.05, 4.69) is 13.8 Å². The topological polar surface area (TPSA) is 30.0 Å². The molecule has 0 N–H and O–H groups in total. The molecule has 1 aromatic heterocycles. The molecule has 0 saturated carbocycles. The van der Waals surface area contributed by atoms with Gasteiger partial charge >= 0.3 is 0 Å². The van der Waals surface area contributed by atoms with Gasteiger partial charge in [-0.15, -0.1) is 0 Å². The SMILES string of the molecule is CC(C)c1nc(-c2ccccc2)c(C(C)C)c(-c2ccc(F)cc2)c1C=O. The Morgan fingerprint density at radius 2 is 1.48 bits per heavy atom. The van der Waals surface area contributed by atoms with Crippen LogP contribution >= 0.6 is 0 Å². The molecule has 0 spiro atoms. The lowest BCUT2D eigenvalue weighted by Gasteiger charge is -2.23. The summed E-state index contributed by atoms with van der Waals surface area (Å²) < 4.78 is 13.5. The molecule has 0 fully saturated rings. The number of hydrogen-bond acceptors (Lipinski definition) is 2. The van der Waals surface area contributed by atoms with Crippen LogP contribution in [0.15, 0.2) is 54.6 Å². The molecule has 0 saturated heterocycles. The fraction of sp³-hybridized carbons (Fsp3) is 0.250. The Bertz CT molecular complexity index is 944. The molecule has 3 rings (SSSR count). The molecule has 0 atom stereocenters. The number of carbonyl (C=O) groups excluding carboxylic acids is 1. The molecule has 27 heavy (non-hydrogen) atoms. The Kier molecular flexibility index (Phi) is 5.50. The maximum absolute atomic E-state index is 13.5. The quantitative estimate of drug-likeness (QED) is 0.478. The van der Waals surface area contributed by atoms with E-state index < -0.39 is 0 Å². The molecule has 0 amide bonds. The van der Waals surface area contributed by atoms with E-state index in [0.717, 1.165) is 39.9 Å². The van der Waals surface area contributed by atoms with Crippen LogP contribution in [0.5, 0.6) is 0 Å². The summed E-state index contributed by atoms with van der Waals surface area (Å²) in [6, 6.07) is 16.4. The number of aldehydes is 1. The minimum absolute atomic E-state index is 0.0908. The van der Waals surface area contributed by atoms with Gasteiger partial charge in [-0.3, -0.25) is 9.78 Å². The van der Waals surface area contributed by atoms with E-state index >= 15 is 0 Å². The van der Waals surface area contributed by atoms with Gasteiger partial charge in [-0.2, -0.15) is 0 Å². The van der Waals surface area contributed by atoms with Crippen molar-refractivity contribution in [2.24, 2.45) is 0 Å². The van der Waals surface area contributed by atoms with Crippen molar-refractivity contribution in [1.29, 1.82) is 0 Å². The molecule has 138 valence electrons. The standard InChI is InChI=1S/C24H24FNO/c1-15(2)21-22(17-10-12-19(25)13-11-17)20(14-27)23(16(3)4)26-24(21)18-8-6-5-7-9-18/h5-16H,1-4H3. The van der Waals surface area contributed by atoms with E-state index in [1.54, 1.807) is 12.1 Å². The normalized spacial score (nSPS) is 11.2. The predicted molar refractivity (Wildman–Crippen MR) is 109 cm³/mol. The average Bonchev–Trinajstić information content (AvgIpc) is 2.67. The first-order chi connectivity index (χ1) is 12.9. The van der Waals surface area contributed by atoms with Crippen molar-refractivity contribution in [3.05, 3.63) is 77.2 Å². The smallest absolute Gasteiger partial charge is 0.152 e. The molecule has 0 aliphatic rings. The largest absolute Gasteiger partial charge is 0.298 e. The number of rotatable bonds is 5. The van der Waals surface area contributed by atoms with Crippen LogP contribution in [0.25, 0.3) is 22.4 Å². The molecule has 3 aromatic rings. The average molecular weight is 361 g/mol. The van der Waals surface area contributed by atoms with E-state index in [-0.39, 0.29) is 17.7 Å². The van der Waals surface area contributed by atoms with E-state index in [9.17, 15) is 9.18 Å². The Balaban J connectivity index is 2.46. The lowest BCUT2D eigenvalue weighted by molar-refractivity contribution is 0.112. The lowest BCUT2D eigenvalue weighted by Crippen LogP contribution is -2.10. The van der Waals surface area contributed by atoms with Gasteiger partial charge in [-0.1, -0.05) is 70.2 Å². The van der Waals surface area contributed by atoms with Crippen molar-refractivity contribution in [2.75, 3.05) is 0 Å². The van der Waals surface area contributed by atoms with Gasteiger partial charge in [0.05, 0.1) is 11.4 Å². The summed E-state index contributed by atoms with van der Waals surface area (Å²) in [4.78, 5) is 17.0. The maximum atomic E-state index is 13.5. The highest BCUT2D eigenvalue weighted by Gasteiger charge is 2.24. The number of nitrogens with zero attached hydrogens (tertiary/aromatic N) is 1. The summed E-state index contributed by atoms with van der Waals surface area (Å²) in [6.45, 7) is 8.27. The molecule has 0 radical (unpaired) electrons. The van der Waals surface area contributed by atoms with Gasteiger partial charge < -0.3 is 0 Å². The fourth-order valence-electron chi connectivity index (χ4n) is 3.50. The minimum Gasteiger partial charge on any atom is -0.298 e. The van der Waals surface area contributed by atoms with Crippen LogP contribution in [0.2, 0.25) is 0 Å². The van der Waals surface area contributed by atoms with Crippen molar-refractivity contribution >= 4 is 6.29 Å². The second kappa shape index (κ2) is 7.83. The van der Waals surface area contributed by atoms with Gasteiger partial charge in [0.15, 0.2) is 6.29 Å². The van der Waals surface area contributed by atoms with Crippen molar-refractivity contribution in [1.82, 2.24) is 4.98 Å². The number of hydrogen-bond donors (Lipinski definition) is 0. The second-order valence-corrected chi connectivity index (χ2v) is 7.35. The van der Waals surface area contributed by atoms with E-state index in [4.69, 9.17) is 4.98 Å². The van der Waals surface area contributed by atoms with Gasteiger partial charge in [-0.25, -0.2) is 4.39 Å². The third-order valence-electron chi connectivity index (χ3n) is 4.72. The Hall–Kier alpha value is -2.81. The zero-order chi connectivity index (χ0) is 19.6. The Morgan fingerprint density at radius 1 is 0.852 bits per heavy atom. The van der Waals surface area contributed by atoms with E-state index in [0.29, 0.717) is 5.56 Å². The molecule has 1 heterocycles. The predicted octanol–water partition coefficient (Wildman–Crippen LogP) is 6.61. The Morgan fingerprint density at radius 3 is 2.00 bits per heavy atom. The highest BCUT2D eigenvalue weighted by molar-refractivity contribution is 5.93. The number of halogens is 1. The molecular weight excluding hydrogens is 337 g/mol. The lowest BCUT2D eigenvalue weighted by atomic mass is 9.84. The van der Waals surface area contributed by atoms with Crippen LogP contribution in [0.1, 0.15) is 61.1 Å². The minimum atomic E-state index is -0.293. The van der Waals surface area contributed by atoms with Crippen LogP contribution in [0, 0.1) is 5.82 Å². The van der Waals surface area contributed by atoms with Gasteiger partial charge in [0.25, 0.3) is 0 Å². The number of carbonyl (C=O) groups is 1. The summed E-state index contributed by atoms with van der Waals surface area (Å²) in [7, 11) is 0. The van der Waals surface area contributed by atoms with Gasteiger partial charge in [0.2, 0.25) is 0 Å². The molecule has 0 aliphatic carbocycles. The molecule has 0 bridgehead atoms. The van der Waals surface area contributed by atoms with Crippen molar-refractivity contribution in [2.45, 2.75) is 39.5 Å². The summed E-state index contributed by atoms with van der Waals surface area (Å²) in [5.41, 5.74) is 5.98. The molecule has 2 nitrogen and oxygen atoms in total. The zero-order valence-corrected chi connectivity index (χ0v) is 16.2. The van der Waals surface area contributed by atoms with Crippen LogP contribution in [-0.4, -0.2) is 11.3 Å². The second-order valence-electron chi connectivity index (χ2n) is 7.35. The van der Waals surface area contributed by atoms with Crippen LogP contribution in [0.4, 0.5) is 4.39 Å². The highest BCUT2D eigenvalue weighted by Crippen LogP contribution is 2.40. The fourth-order valence-corrected chi connectivity index (χ4v) is 3.50. The van der Waals surface area contributed by atoms with Gasteiger partial charge in [0, 0.05) is 11.1 Å². The third kappa shape index (κ3) is 3.68. The van der Waals surface area contributed by atoms with Gasteiger partial charge in [0.1, 0.15) is 5.82 Å². The number of pyridine rings is 1. The summed E-state index contributed by atoms with van der Waals surface area (Å²) in [5, 5.41) is 0. The Labute approximate surface area is 160 Å². The van der Waals surface area contributed by atoms with Crippen molar-refractivity contribution in [3.63, 3.8) is 0 Å². The highest BCUT2D eigenvalue weighted by atomic mass is 19.1. The van der Waals surface area contributed by atoms with Gasteiger partial charge in [-0.05, 0) is 40.7 Å². The summed E-state index contributed by atoms with van der Waals surface area (Å²) >= 11 is 0. The molecule has 0 unspecified atom stereocenters. The first-order valence-electron chi connectivity index (χ1n) is 9.28. The first-order valence-corrected chi connectivity index (χ1v) is 9.28. The van der Waals surface area contributed by atoms with Crippen molar-refractivity contribution in [3.8, 4) is 22.4 Å². The molecule has 0 aliphatic heterocycles. The van der Waals surface area contributed by atoms with Crippen LogP contribution < -0.4 is 0 Å². The summed E-state index contributed by atoms with van der Waals surface area (Å²) in [5.74, 6) is -0.0559. The van der Waals surface area contributed by atoms with E-state index in [1.165, 1.54) is 12.1 Å². The number of aromatic nitrogens is 1. The van der Waals surface area contributed by atoms with Crippen LogP contribution in [0.3, 0.4) is 0 Å². The summed E-state index contributed by atoms with van der Waals surface area (Å²) in [6.07, 6.45) is 0.891. The van der Waals surface area contributed by atoms with Crippen LogP contribution in [-0.2, 0) is 0 Å². The van der Waals surface area contributed by atoms with E-state index in [1.807, 2.05) is 44.2 Å². The third-order valence-corrected chi connectivity index (χ3v) is 4.72. The number of benzene rings is 2. The molecule has 2 aromatic carbocycles. The zero-order valence-electron chi connectivity index (χ0n) is 16.2. The maximum Gasteiger partial charge on any atom is 0.152 e. The molecular formula is C24H24FNO. The first kappa shape index (κ1) is 19.0. The van der Waals surface area contributed by atoms with Crippen molar-refractivity contribution < 1.29 is 9.18 Å².